The van der Waals surface area contributed by atoms with Gasteiger partial charge in [0, 0.05) is 10.9 Å². The Morgan fingerprint density at radius 1 is 1.37 bits per heavy atom. The number of benzene rings is 2. The Hall–Kier alpha value is -2.47. The maximum Gasteiger partial charge on any atom is 0.341 e. The van der Waals surface area contributed by atoms with E-state index in [-0.39, 0.29) is 5.56 Å². The third kappa shape index (κ3) is 4.81. The molecular weight excluding hydrogens is 569 g/mol. The van der Waals surface area contributed by atoms with Crippen LogP contribution in [-0.2, 0) is 11.2 Å². The Balaban J connectivity index is 2.04. The number of aromatic nitrogens is 2. The number of hydrogen-bond acceptors (Lipinski definition) is 6. The summed E-state index contributed by atoms with van der Waals surface area (Å²) in [5.41, 5.74) is 1.00. The molecule has 0 saturated carbocycles. The minimum atomic E-state index is -1.08. The van der Waals surface area contributed by atoms with Crippen molar-refractivity contribution in [3.8, 4) is 11.5 Å². The number of nitrogens with zero attached hydrogens (tertiary/aromatic N) is 3. The fraction of sp³-hybridized carbons (Fsp3) is 0.200. The van der Waals surface area contributed by atoms with Crippen molar-refractivity contribution in [3.05, 3.63) is 60.1 Å². The number of aryl methyl sites for hydroxylation is 1. The number of hydrogen-bond donors (Lipinski definition) is 1. The molecule has 156 valence electrons. The van der Waals surface area contributed by atoms with E-state index in [2.05, 4.69) is 26.0 Å². The van der Waals surface area contributed by atoms with E-state index in [0.29, 0.717) is 43.8 Å². The second kappa shape index (κ2) is 9.56. The maximum absolute atomic E-state index is 13.0. The summed E-state index contributed by atoms with van der Waals surface area (Å²) in [6.07, 6.45) is 2.05. The molecule has 0 radical (unpaired) electrons. The van der Waals surface area contributed by atoms with E-state index < -0.39 is 12.6 Å². The first-order valence-electron chi connectivity index (χ1n) is 8.81. The zero-order chi connectivity index (χ0) is 21.8. The van der Waals surface area contributed by atoms with Crippen LogP contribution < -0.4 is 15.0 Å². The molecule has 8 nitrogen and oxygen atoms in total. The van der Waals surface area contributed by atoms with Crippen molar-refractivity contribution >= 4 is 61.6 Å². The fourth-order valence-corrected chi connectivity index (χ4v) is 3.90. The Bertz CT molecular complexity index is 1210. The molecule has 30 heavy (non-hydrogen) atoms. The van der Waals surface area contributed by atoms with Gasteiger partial charge in [-0.25, -0.2) is 9.78 Å². The highest BCUT2D eigenvalue weighted by atomic mass is 127. The zero-order valence-corrected chi connectivity index (χ0v) is 19.8. The van der Waals surface area contributed by atoms with E-state index >= 15 is 0 Å². The molecule has 0 aliphatic heterocycles. The Kier molecular flexibility index (Phi) is 7.08. The molecule has 0 saturated heterocycles. The van der Waals surface area contributed by atoms with E-state index in [1.165, 1.54) is 18.0 Å². The van der Waals surface area contributed by atoms with Crippen LogP contribution in [0.15, 0.2) is 44.7 Å². The van der Waals surface area contributed by atoms with Crippen LogP contribution >= 0.6 is 38.5 Å². The number of methoxy groups -OCH3 is 1. The van der Waals surface area contributed by atoms with Gasteiger partial charge in [0.1, 0.15) is 5.82 Å². The predicted molar refractivity (Wildman–Crippen MR) is 125 cm³/mol. The molecule has 0 bridgehead atoms. The van der Waals surface area contributed by atoms with Crippen molar-refractivity contribution in [2.75, 3.05) is 13.7 Å². The summed E-state index contributed by atoms with van der Waals surface area (Å²) in [6.45, 7) is 1.42. The van der Waals surface area contributed by atoms with Gasteiger partial charge in [-0.15, -0.1) is 0 Å². The SMILES string of the molecule is CCc1nc2ccc(Br)cc2c(=O)n1N=Cc1cc(I)c(OCC(=O)O)c(OC)c1. The van der Waals surface area contributed by atoms with Gasteiger partial charge in [0.15, 0.2) is 18.1 Å². The molecule has 3 rings (SSSR count). The summed E-state index contributed by atoms with van der Waals surface area (Å²) in [6, 6.07) is 8.76. The first kappa shape index (κ1) is 22.2. The number of ether oxygens (including phenoxy) is 2. The van der Waals surface area contributed by atoms with Crippen LogP contribution in [0.1, 0.15) is 18.3 Å². The van der Waals surface area contributed by atoms with Crippen LogP contribution in [-0.4, -0.2) is 40.7 Å². The quantitative estimate of drug-likeness (QED) is 0.335. The highest BCUT2D eigenvalue weighted by molar-refractivity contribution is 14.1. The molecule has 10 heteroatoms. The molecule has 1 heterocycles. The van der Waals surface area contributed by atoms with Gasteiger partial charge in [-0.3, -0.25) is 4.79 Å². The summed E-state index contributed by atoms with van der Waals surface area (Å²) in [7, 11) is 1.46. The summed E-state index contributed by atoms with van der Waals surface area (Å²) in [5.74, 6) is 0.157. The lowest BCUT2D eigenvalue weighted by molar-refractivity contribution is -0.139. The Morgan fingerprint density at radius 3 is 2.80 bits per heavy atom. The van der Waals surface area contributed by atoms with Gasteiger partial charge in [0.05, 0.1) is 27.8 Å². The number of fused-ring (bicyclic) bond motifs is 1. The second-order valence-corrected chi connectivity index (χ2v) is 8.20. The standard InChI is InChI=1S/C20H17BrIN3O5/c1-3-17-24-15-5-4-12(21)8-13(15)20(28)25(17)23-9-11-6-14(22)19(16(7-11)29-2)30-10-18(26)27/h4-9H,3,10H2,1-2H3,(H,26,27). The van der Waals surface area contributed by atoms with Gasteiger partial charge in [0.25, 0.3) is 5.56 Å². The molecule has 3 aromatic rings. The summed E-state index contributed by atoms with van der Waals surface area (Å²) >= 11 is 5.40. The Morgan fingerprint density at radius 2 is 2.13 bits per heavy atom. The molecule has 0 atom stereocenters. The smallest absolute Gasteiger partial charge is 0.341 e. The molecule has 1 aromatic heterocycles. The van der Waals surface area contributed by atoms with Gasteiger partial charge in [0.2, 0.25) is 0 Å². The van der Waals surface area contributed by atoms with Crippen molar-refractivity contribution in [3.63, 3.8) is 0 Å². The zero-order valence-electron chi connectivity index (χ0n) is 16.1. The highest BCUT2D eigenvalue weighted by Crippen LogP contribution is 2.33. The van der Waals surface area contributed by atoms with Gasteiger partial charge < -0.3 is 14.6 Å². The number of aliphatic carboxylic acids is 1. The average molecular weight is 586 g/mol. The summed E-state index contributed by atoms with van der Waals surface area (Å²) < 4.78 is 13.3. The van der Waals surface area contributed by atoms with Gasteiger partial charge in [-0.2, -0.15) is 9.78 Å². The third-order valence-corrected chi connectivity index (χ3v) is 5.40. The van der Waals surface area contributed by atoms with Crippen molar-refractivity contribution in [2.24, 2.45) is 5.10 Å². The number of carboxylic acids is 1. The van der Waals surface area contributed by atoms with Crippen LogP contribution in [0.3, 0.4) is 0 Å². The third-order valence-electron chi connectivity index (χ3n) is 4.11. The topological polar surface area (TPSA) is 103 Å². The van der Waals surface area contributed by atoms with Gasteiger partial charge >= 0.3 is 5.97 Å². The number of rotatable bonds is 7. The number of halogens is 2. The lowest BCUT2D eigenvalue weighted by Crippen LogP contribution is -2.22. The van der Waals surface area contributed by atoms with Crippen LogP contribution in [0.2, 0.25) is 0 Å². The minimum Gasteiger partial charge on any atom is -0.493 e. The average Bonchev–Trinajstić information content (AvgIpc) is 2.71. The molecular formula is C20H17BrIN3O5. The lowest BCUT2D eigenvalue weighted by atomic mass is 10.2. The highest BCUT2D eigenvalue weighted by Gasteiger charge is 2.13. The van der Waals surface area contributed by atoms with E-state index in [1.807, 2.05) is 35.6 Å². The van der Waals surface area contributed by atoms with E-state index in [9.17, 15) is 9.59 Å². The predicted octanol–water partition coefficient (Wildman–Crippen LogP) is 3.68. The molecule has 0 spiro atoms. The van der Waals surface area contributed by atoms with E-state index in [4.69, 9.17) is 14.6 Å². The van der Waals surface area contributed by atoms with E-state index in [0.717, 1.165) is 4.47 Å². The van der Waals surface area contributed by atoms with Gasteiger partial charge in [-0.05, 0) is 58.5 Å². The largest absolute Gasteiger partial charge is 0.493 e. The van der Waals surface area contributed by atoms with Crippen molar-refractivity contribution < 1.29 is 19.4 Å². The first-order chi connectivity index (χ1) is 14.3. The van der Waals surface area contributed by atoms with Crippen molar-refractivity contribution in [1.29, 1.82) is 0 Å². The van der Waals surface area contributed by atoms with E-state index in [1.54, 1.807) is 24.3 Å². The maximum atomic E-state index is 13.0. The van der Waals surface area contributed by atoms with Crippen LogP contribution in [0, 0.1) is 3.57 Å². The molecule has 0 amide bonds. The minimum absolute atomic E-state index is 0.266. The first-order valence-corrected chi connectivity index (χ1v) is 10.7. The normalized spacial score (nSPS) is 11.2. The fourth-order valence-electron chi connectivity index (χ4n) is 2.76. The Labute approximate surface area is 193 Å². The number of carboxylic acid groups (broad SMARTS) is 1. The van der Waals surface area contributed by atoms with Crippen LogP contribution in [0.25, 0.3) is 10.9 Å². The van der Waals surface area contributed by atoms with Crippen LogP contribution in [0.5, 0.6) is 11.5 Å². The van der Waals surface area contributed by atoms with Crippen molar-refractivity contribution in [1.82, 2.24) is 9.66 Å². The number of carbonyl (C=O) groups is 1. The molecule has 0 fully saturated rings. The summed E-state index contributed by atoms with van der Waals surface area (Å²) in [5, 5.41) is 13.6. The van der Waals surface area contributed by atoms with Crippen molar-refractivity contribution in [2.45, 2.75) is 13.3 Å². The second-order valence-electron chi connectivity index (χ2n) is 6.12. The molecule has 0 unspecified atom stereocenters. The lowest BCUT2D eigenvalue weighted by Gasteiger charge is -2.12. The van der Waals surface area contributed by atoms with Gasteiger partial charge in [-0.1, -0.05) is 22.9 Å². The molecule has 2 aromatic carbocycles. The molecule has 0 aliphatic rings. The molecule has 0 aliphatic carbocycles. The summed E-state index contributed by atoms with van der Waals surface area (Å²) in [4.78, 5) is 28.3. The molecule has 1 N–H and O–H groups in total. The van der Waals surface area contributed by atoms with Crippen LogP contribution in [0.4, 0.5) is 0 Å². The monoisotopic (exact) mass is 585 g/mol.